The summed E-state index contributed by atoms with van der Waals surface area (Å²) in [5.41, 5.74) is 1.01. The van der Waals surface area contributed by atoms with Gasteiger partial charge in [0.2, 0.25) is 0 Å². The van der Waals surface area contributed by atoms with Crippen LogP contribution in [0.5, 0.6) is 0 Å². The van der Waals surface area contributed by atoms with Gasteiger partial charge in [0.05, 0.1) is 0 Å². The Labute approximate surface area is 261 Å². The summed E-state index contributed by atoms with van der Waals surface area (Å²) < 4.78 is 29.3. The van der Waals surface area contributed by atoms with Crippen LogP contribution in [0.1, 0.15) is 41.4 Å². The number of benzene rings is 4. The van der Waals surface area contributed by atoms with E-state index >= 15 is 0 Å². The van der Waals surface area contributed by atoms with Gasteiger partial charge in [-0.15, -0.1) is 0 Å². The van der Waals surface area contributed by atoms with Crippen LogP contribution in [0, 0.1) is 0 Å². The summed E-state index contributed by atoms with van der Waals surface area (Å²) in [7, 11) is 0. The fourth-order valence-corrected chi connectivity index (χ4v) is 5.27. The van der Waals surface area contributed by atoms with Crippen LogP contribution >= 0.6 is 0 Å². The molecule has 223 valence electrons. The van der Waals surface area contributed by atoms with Crippen molar-refractivity contribution < 1.29 is 42.9 Å². The van der Waals surface area contributed by atoms with Gasteiger partial charge in [-0.2, -0.15) is 0 Å². The Balaban J connectivity index is 1.48. The normalized spacial score (nSPS) is 21.0. The van der Waals surface area contributed by atoms with Crippen molar-refractivity contribution in [2.75, 3.05) is 6.61 Å². The van der Waals surface area contributed by atoms with Gasteiger partial charge in [-0.05, 0) is 0 Å². The van der Waals surface area contributed by atoms with Crippen molar-refractivity contribution in [3.63, 3.8) is 0 Å². The molecular formula is C34H27O9Se. The van der Waals surface area contributed by atoms with E-state index in [1.165, 1.54) is 0 Å². The van der Waals surface area contributed by atoms with E-state index in [4.69, 9.17) is 23.7 Å². The molecule has 0 unspecified atom stereocenters. The quantitative estimate of drug-likeness (QED) is 0.147. The van der Waals surface area contributed by atoms with Crippen molar-refractivity contribution in [1.29, 1.82) is 0 Å². The summed E-state index contributed by atoms with van der Waals surface area (Å²) in [6, 6.07) is 33.0. The van der Waals surface area contributed by atoms with Gasteiger partial charge in [0, 0.05) is 0 Å². The average molecular weight is 659 g/mol. The summed E-state index contributed by atoms with van der Waals surface area (Å²) in [6.07, 6.45) is -5.06. The van der Waals surface area contributed by atoms with E-state index in [0.29, 0.717) is 5.56 Å². The van der Waals surface area contributed by atoms with Crippen molar-refractivity contribution in [1.82, 2.24) is 0 Å². The molecule has 9 nitrogen and oxygen atoms in total. The predicted molar refractivity (Wildman–Crippen MR) is 158 cm³/mol. The number of hydrogen-bond acceptors (Lipinski definition) is 9. The summed E-state index contributed by atoms with van der Waals surface area (Å²) in [6.45, 7) is -0.364. The molecule has 1 radical (unpaired) electrons. The molecule has 0 aromatic heterocycles. The first-order valence-corrected chi connectivity index (χ1v) is 14.7. The van der Waals surface area contributed by atoms with Crippen molar-refractivity contribution in [3.8, 4) is 0 Å². The fourth-order valence-electron chi connectivity index (χ4n) is 4.53. The van der Waals surface area contributed by atoms with Gasteiger partial charge in [-0.3, -0.25) is 0 Å². The summed E-state index contributed by atoms with van der Waals surface area (Å²) in [5.74, 6) is -2.83. The van der Waals surface area contributed by atoms with Gasteiger partial charge in [0.1, 0.15) is 0 Å². The molecule has 1 saturated heterocycles. The average Bonchev–Trinajstić information content (AvgIpc) is 3.07. The predicted octanol–water partition coefficient (Wildman–Crippen LogP) is 4.41. The van der Waals surface area contributed by atoms with E-state index in [-0.39, 0.29) is 23.3 Å². The second-order valence-electron chi connectivity index (χ2n) is 9.72. The van der Waals surface area contributed by atoms with E-state index in [1.807, 2.05) is 0 Å². The van der Waals surface area contributed by atoms with Crippen LogP contribution < -0.4 is 0 Å². The molecule has 4 aromatic rings. The third-order valence-electron chi connectivity index (χ3n) is 6.74. The van der Waals surface area contributed by atoms with E-state index in [2.05, 4.69) is 16.0 Å². The van der Waals surface area contributed by atoms with Crippen molar-refractivity contribution in [2.24, 2.45) is 0 Å². The molecule has 10 heteroatoms. The van der Waals surface area contributed by atoms with E-state index in [1.54, 1.807) is 121 Å². The SMILES string of the molecule is O=C(OC[C@H]1O[C@@H]([Se])[C@H](OC(=O)c2ccccc2)[C@@H](OC(=O)c2ccccc2)[C@@H]1OC(=O)c1ccccc1)c1ccccc1. The van der Waals surface area contributed by atoms with Gasteiger partial charge in [-0.25, -0.2) is 0 Å². The van der Waals surface area contributed by atoms with Crippen LogP contribution in [0.2, 0.25) is 0 Å². The topological polar surface area (TPSA) is 114 Å². The Morgan fingerprint density at radius 3 is 1.25 bits per heavy atom. The Hall–Kier alpha value is -4.76. The maximum absolute atomic E-state index is 13.3. The Bertz CT molecular complexity index is 1570. The number of hydrogen-bond donors (Lipinski definition) is 0. The number of rotatable bonds is 9. The van der Waals surface area contributed by atoms with Crippen LogP contribution in [0.25, 0.3) is 0 Å². The molecule has 5 rings (SSSR count). The number of carbonyl (C=O) groups excluding carboxylic acids is 4. The molecule has 0 aliphatic carbocycles. The Kier molecular flexibility index (Phi) is 10.2. The first kappa shape index (κ1) is 30.7. The molecule has 4 aromatic carbocycles. The standard InChI is InChI=1S/C34H27O9Se/c35-30(22-13-5-1-6-14-22)39-21-26-27(41-31(36)23-15-7-2-8-16-23)28(42-32(37)24-17-9-3-10-18-24)29(34(44)40-26)43-33(38)25-19-11-4-12-20-25/h1-20,26-29,34H,21H2/t26-,27-,28+,29-,34+/m1/s1. The van der Waals surface area contributed by atoms with E-state index < -0.39 is 53.3 Å². The molecule has 1 aliphatic heterocycles. The molecule has 1 aliphatic rings. The van der Waals surface area contributed by atoms with E-state index in [0.717, 1.165) is 0 Å². The zero-order chi connectivity index (χ0) is 30.9. The minimum absolute atomic E-state index is 0.226. The molecule has 0 spiro atoms. The van der Waals surface area contributed by atoms with Gasteiger partial charge >= 0.3 is 262 Å². The van der Waals surface area contributed by atoms with E-state index in [9.17, 15) is 19.2 Å². The number of carbonyl (C=O) groups is 4. The summed E-state index contributed by atoms with van der Waals surface area (Å²) in [5, 5.41) is -0.983. The zero-order valence-electron chi connectivity index (χ0n) is 23.2. The van der Waals surface area contributed by atoms with Crippen LogP contribution in [0.3, 0.4) is 0 Å². The third-order valence-corrected chi connectivity index (χ3v) is 7.53. The van der Waals surface area contributed by atoms with Crippen LogP contribution in [-0.4, -0.2) is 75.9 Å². The maximum atomic E-state index is 13.3. The molecule has 1 heterocycles. The molecule has 1 fully saturated rings. The fraction of sp³-hybridized carbons (Fsp3) is 0.176. The molecule has 5 atom stereocenters. The number of ether oxygens (including phenoxy) is 5. The summed E-state index contributed by atoms with van der Waals surface area (Å²) in [4.78, 5) is 52.6. The van der Waals surface area contributed by atoms with Gasteiger partial charge < -0.3 is 0 Å². The molecule has 0 N–H and O–H groups in total. The van der Waals surface area contributed by atoms with Crippen LogP contribution in [-0.2, 0) is 23.7 Å². The van der Waals surface area contributed by atoms with Crippen molar-refractivity contribution >= 4 is 39.9 Å². The van der Waals surface area contributed by atoms with Crippen molar-refractivity contribution in [3.05, 3.63) is 144 Å². The molecular weight excluding hydrogens is 631 g/mol. The first-order valence-electron chi connectivity index (χ1n) is 13.7. The molecule has 0 bridgehead atoms. The summed E-state index contributed by atoms with van der Waals surface area (Å²) >= 11 is 2.81. The van der Waals surface area contributed by atoms with Gasteiger partial charge in [-0.1, -0.05) is 0 Å². The molecule has 0 amide bonds. The first-order chi connectivity index (χ1) is 21.4. The zero-order valence-corrected chi connectivity index (χ0v) is 24.9. The molecule has 44 heavy (non-hydrogen) atoms. The van der Waals surface area contributed by atoms with Crippen molar-refractivity contribution in [2.45, 2.75) is 29.4 Å². The number of esters is 4. The van der Waals surface area contributed by atoms with Crippen LogP contribution in [0.15, 0.2) is 121 Å². The van der Waals surface area contributed by atoms with Gasteiger partial charge in [0.25, 0.3) is 0 Å². The third kappa shape index (κ3) is 7.60. The minimum atomic E-state index is -1.36. The molecule has 0 saturated carbocycles. The second kappa shape index (κ2) is 14.6. The monoisotopic (exact) mass is 659 g/mol. The second-order valence-corrected chi connectivity index (χ2v) is 10.7. The Morgan fingerprint density at radius 2 is 0.841 bits per heavy atom. The Morgan fingerprint density at radius 1 is 0.500 bits per heavy atom. The van der Waals surface area contributed by atoms with Gasteiger partial charge in [0.15, 0.2) is 0 Å². The van der Waals surface area contributed by atoms with Crippen LogP contribution in [0.4, 0.5) is 0 Å².